The molecule has 0 aliphatic carbocycles. The highest BCUT2D eigenvalue weighted by molar-refractivity contribution is 7.25. The molecule has 58 heavy (non-hydrogen) atoms. The Morgan fingerprint density at radius 3 is 1.48 bits per heavy atom. The van der Waals surface area contributed by atoms with Crippen molar-refractivity contribution >= 4 is 53.3 Å². The van der Waals surface area contributed by atoms with Gasteiger partial charge >= 0.3 is 0 Å². The number of aromatic nitrogens is 4. The van der Waals surface area contributed by atoms with Crippen LogP contribution in [0.15, 0.2) is 158 Å². The highest BCUT2D eigenvalue weighted by Gasteiger charge is 2.24. The van der Waals surface area contributed by atoms with Crippen LogP contribution >= 0.6 is 11.3 Å². The summed E-state index contributed by atoms with van der Waals surface area (Å²) >= 11 is 1.84. The molecule has 5 heteroatoms. The molecule has 7 aromatic carbocycles. The van der Waals surface area contributed by atoms with Crippen LogP contribution in [0.5, 0.6) is 0 Å². The summed E-state index contributed by atoms with van der Waals surface area (Å²) in [5.41, 5.74) is 10.9. The zero-order chi connectivity index (χ0) is 39.8. The van der Waals surface area contributed by atoms with Crippen molar-refractivity contribution in [1.82, 2.24) is 19.5 Å². The van der Waals surface area contributed by atoms with Gasteiger partial charge in [0.1, 0.15) is 0 Å². The summed E-state index contributed by atoms with van der Waals surface area (Å²) in [5.74, 6) is 1.90. The smallest absolute Gasteiger partial charge is 0.166 e. The Bertz CT molecular complexity index is 3050. The average molecular weight is 769 g/mol. The lowest BCUT2D eigenvalue weighted by atomic mass is 9.86. The van der Waals surface area contributed by atoms with E-state index in [0.717, 1.165) is 44.5 Å². The Labute approximate surface area is 343 Å². The highest BCUT2D eigenvalue weighted by atomic mass is 32.1. The number of hydrogen-bond acceptors (Lipinski definition) is 4. The molecule has 0 aliphatic rings. The van der Waals surface area contributed by atoms with Gasteiger partial charge in [-0.05, 0) is 75.5 Å². The van der Waals surface area contributed by atoms with Crippen molar-refractivity contribution in [3.63, 3.8) is 0 Å². The van der Waals surface area contributed by atoms with E-state index in [1.807, 2.05) is 47.7 Å². The van der Waals surface area contributed by atoms with Gasteiger partial charge in [0.05, 0.1) is 16.7 Å². The van der Waals surface area contributed by atoms with Gasteiger partial charge in [-0.15, -0.1) is 11.3 Å². The maximum absolute atomic E-state index is 5.33. The number of nitrogens with zero attached hydrogens (tertiary/aromatic N) is 4. The molecule has 3 heterocycles. The average Bonchev–Trinajstić information content (AvgIpc) is 3.78. The molecule has 10 aromatic rings. The van der Waals surface area contributed by atoms with Crippen molar-refractivity contribution in [1.29, 1.82) is 0 Å². The molecule has 0 spiro atoms. The molecular formula is C53H44N4S. The van der Waals surface area contributed by atoms with E-state index in [9.17, 15) is 0 Å². The third kappa shape index (κ3) is 6.27. The van der Waals surface area contributed by atoms with E-state index in [1.165, 1.54) is 42.1 Å². The van der Waals surface area contributed by atoms with Gasteiger partial charge in [0.25, 0.3) is 0 Å². The topological polar surface area (TPSA) is 43.6 Å². The van der Waals surface area contributed by atoms with Crippen molar-refractivity contribution in [2.75, 3.05) is 0 Å². The van der Waals surface area contributed by atoms with Crippen molar-refractivity contribution in [3.05, 3.63) is 169 Å². The molecule has 0 unspecified atom stereocenters. The first kappa shape index (κ1) is 35.9. The van der Waals surface area contributed by atoms with Crippen LogP contribution in [0.25, 0.3) is 93.0 Å². The van der Waals surface area contributed by atoms with Crippen LogP contribution in [0.4, 0.5) is 0 Å². The fourth-order valence-electron chi connectivity index (χ4n) is 8.14. The monoisotopic (exact) mass is 768 g/mol. The Hall–Kier alpha value is -6.43. The van der Waals surface area contributed by atoms with Gasteiger partial charge < -0.3 is 4.57 Å². The molecule has 0 N–H and O–H groups in total. The number of rotatable bonds is 5. The Kier molecular flexibility index (Phi) is 8.43. The maximum Gasteiger partial charge on any atom is 0.166 e. The molecule has 4 nitrogen and oxygen atoms in total. The minimum atomic E-state index is -0.0351. The number of fused-ring (bicyclic) bond motifs is 6. The summed E-state index contributed by atoms with van der Waals surface area (Å²) < 4.78 is 5.04. The second-order valence-electron chi connectivity index (χ2n) is 17.4. The van der Waals surface area contributed by atoms with Crippen LogP contribution in [-0.2, 0) is 10.8 Å². The standard InChI is InChI=1S/C53H44N4S/c1-52(2,3)37-23-25-39-40-26-24-38(53(4,5)6)32-46(40)57(45(39)31-37)44-27-21-35(36-22-28-48-42(29-36)41-19-13-14-20-47(41)58-48)30-43(44)51-55-49(33-15-9-7-10-16-33)54-50(56-51)34-17-11-8-12-18-34/h7-32H,1-6H3. The van der Waals surface area contributed by atoms with E-state index >= 15 is 0 Å². The molecule has 0 bridgehead atoms. The predicted molar refractivity (Wildman–Crippen MR) is 246 cm³/mol. The molecule has 0 saturated heterocycles. The van der Waals surface area contributed by atoms with Crippen molar-refractivity contribution in [3.8, 4) is 51.0 Å². The van der Waals surface area contributed by atoms with Gasteiger partial charge in [0.15, 0.2) is 17.5 Å². The first-order valence-corrected chi connectivity index (χ1v) is 20.8. The van der Waals surface area contributed by atoms with E-state index in [1.54, 1.807) is 0 Å². The summed E-state index contributed by atoms with van der Waals surface area (Å²) in [6.45, 7) is 13.7. The van der Waals surface area contributed by atoms with Gasteiger partial charge in [-0.25, -0.2) is 15.0 Å². The van der Waals surface area contributed by atoms with E-state index in [0.29, 0.717) is 17.5 Å². The SMILES string of the molecule is CC(C)(C)c1ccc2c3ccc(C(C)(C)C)cc3n(-c3ccc(-c4ccc5sc6ccccc6c5c4)cc3-c3nc(-c4ccccc4)nc(-c4ccccc4)n3)c2c1. The third-order valence-corrected chi connectivity index (χ3v) is 12.5. The molecule has 0 aliphatic heterocycles. The first-order chi connectivity index (χ1) is 28.0. The normalized spacial score (nSPS) is 12.3. The molecule has 0 fully saturated rings. The van der Waals surface area contributed by atoms with E-state index in [4.69, 9.17) is 15.0 Å². The summed E-state index contributed by atoms with van der Waals surface area (Å²) in [6, 6.07) is 56.9. The van der Waals surface area contributed by atoms with Gasteiger partial charge in [-0.3, -0.25) is 0 Å². The van der Waals surface area contributed by atoms with Crippen molar-refractivity contribution in [2.45, 2.75) is 52.4 Å². The largest absolute Gasteiger partial charge is 0.308 e. The molecule has 0 atom stereocenters. The lowest BCUT2D eigenvalue weighted by Gasteiger charge is -2.21. The molecule has 10 rings (SSSR count). The summed E-state index contributed by atoms with van der Waals surface area (Å²) in [6.07, 6.45) is 0. The first-order valence-electron chi connectivity index (χ1n) is 20.0. The third-order valence-electron chi connectivity index (χ3n) is 11.4. The van der Waals surface area contributed by atoms with Gasteiger partial charge in [0.2, 0.25) is 0 Å². The fourth-order valence-corrected chi connectivity index (χ4v) is 9.22. The van der Waals surface area contributed by atoms with Crippen molar-refractivity contribution < 1.29 is 0 Å². The Morgan fingerprint density at radius 2 is 0.897 bits per heavy atom. The zero-order valence-electron chi connectivity index (χ0n) is 33.7. The van der Waals surface area contributed by atoms with Crippen LogP contribution in [0.1, 0.15) is 52.7 Å². The van der Waals surface area contributed by atoms with Crippen LogP contribution < -0.4 is 0 Å². The summed E-state index contributed by atoms with van der Waals surface area (Å²) in [7, 11) is 0. The lowest BCUT2D eigenvalue weighted by molar-refractivity contribution is 0.591. The summed E-state index contributed by atoms with van der Waals surface area (Å²) in [5, 5.41) is 5.00. The molecule has 0 amide bonds. The fraction of sp³-hybridized carbons (Fsp3) is 0.151. The van der Waals surface area contributed by atoms with Crippen LogP contribution in [0.3, 0.4) is 0 Å². The Balaban J connectivity index is 1.31. The van der Waals surface area contributed by atoms with Crippen LogP contribution in [0.2, 0.25) is 0 Å². The zero-order valence-corrected chi connectivity index (χ0v) is 34.5. The number of hydrogen-bond donors (Lipinski definition) is 0. The van der Waals surface area contributed by atoms with Gasteiger partial charge in [0, 0.05) is 47.6 Å². The highest BCUT2D eigenvalue weighted by Crippen LogP contribution is 2.42. The second-order valence-corrected chi connectivity index (χ2v) is 18.5. The van der Waals surface area contributed by atoms with E-state index in [2.05, 4.69) is 167 Å². The minimum Gasteiger partial charge on any atom is -0.308 e. The van der Waals surface area contributed by atoms with Gasteiger partial charge in [-0.2, -0.15) is 0 Å². The molecule has 0 radical (unpaired) electrons. The quantitative estimate of drug-likeness (QED) is 0.175. The van der Waals surface area contributed by atoms with E-state index in [-0.39, 0.29) is 10.8 Å². The minimum absolute atomic E-state index is 0.0351. The molecule has 282 valence electrons. The lowest BCUT2D eigenvalue weighted by Crippen LogP contribution is -2.11. The number of benzene rings is 7. The van der Waals surface area contributed by atoms with Crippen LogP contribution in [0, 0.1) is 0 Å². The second kappa shape index (κ2) is 13.6. The maximum atomic E-state index is 5.33. The predicted octanol–water partition coefficient (Wildman–Crippen LogP) is 14.6. The molecule has 3 aromatic heterocycles. The molecule has 0 saturated carbocycles. The van der Waals surface area contributed by atoms with Crippen molar-refractivity contribution in [2.24, 2.45) is 0 Å². The van der Waals surface area contributed by atoms with Gasteiger partial charge in [-0.1, -0.05) is 157 Å². The Morgan fingerprint density at radius 1 is 0.397 bits per heavy atom. The summed E-state index contributed by atoms with van der Waals surface area (Å²) in [4.78, 5) is 15.7. The van der Waals surface area contributed by atoms with Crippen LogP contribution in [-0.4, -0.2) is 19.5 Å². The number of thiophene rings is 1. The van der Waals surface area contributed by atoms with E-state index < -0.39 is 0 Å². The molecular weight excluding hydrogens is 725 g/mol.